The summed E-state index contributed by atoms with van der Waals surface area (Å²) in [6.45, 7) is 48.4. The molecule has 17 heterocycles. The number of unbranched alkanes of at least 4 members (excludes halogenated alkanes) is 1. The highest BCUT2D eigenvalue weighted by Gasteiger charge is 2.26. The molecule has 16 aromatic heterocycles. The van der Waals surface area contributed by atoms with Crippen LogP contribution in [-0.4, -0.2) is 163 Å². The third-order valence-corrected chi connectivity index (χ3v) is 32.4. The summed E-state index contributed by atoms with van der Waals surface area (Å²) >= 11 is 13.9. The number of nitrogens with zero attached hydrogens (tertiary/aromatic N) is 19. The molecule has 21 rings (SSSR count). The standard InChI is InChI=1S/C17H19N3S.C15H15N3S.C14H22N4S.2C14H19N3S.2C13H19N3S.C11H13N3S/c1-11-12(2)21-17-15(11)16(19-13(3)20-17)18-10-9-14-7-5-4-6-8-14;1-3-13-17-14(16-11-7-5-4-6-8-11)12-9-10(2)19-15(12)18-13;1-5-12-16-13(15-7-6-8-18(3)4)11-9-10(2)19-14(11)17-12;1-3-12-16-13(15-10-6-4-5-7-10)11-8-9(2)18-14(11)17-12;1-3-12-15-13(17-7-5-4-6-8-17)11-9-10(2)18-14(11)16-12;1-5-11-14-12(16(6-2)7-3)10-8-9(4)17-13(10)15-11;1-4-6-7-14-12-10-8-9(3)17-13(10)16-11(5-2)15-12;1-2-9-13-10(12-7-3-4-7)8-5-6-15-11(8)14-9/h4-8H,9-10H2,1-3H3,(H,18,19,20);4-9H,3H2,1-2H3,(H,16,17,18);9H,5-8H2,1-4H3,(H,15,16,17);8,10H,3-7H2,1-2H3,(H,15,16,17);9H,3-8H2,1-2H3;8H,5-7H2,1-4H3;8H,4-7H2,1-3H3,(H,14,15,16);5-7H,2-4H2,1H3,(H,12,13,14). The van der Waals surface area contributed by atoms with E-state index in [1.807, 2.05) is 43.3 Å². The van der Waals surface area contributed by atoms with E-state index in [9.17, 15) is 0 Å². The van der Waals surface area contributed by atoms with Gasteiger partial charge in [-0.25, -0.2) is 79.7 Å². The Bertz CT molecular complexity index is 7160. The monoisotopic (exact) mass is 2080 g/mol. The molecular weight excluding hydrogens is 1940 g/mol. The van der Waals surface area contributed by atoms with Crippen molar-refractivity contribution in [2.75, 3.05) is 108 Å². The van der Waals surface area contributed by atoms with E-state index in [1.54, 1.807) is 90.7 Å². The van der Waals surface area contributed by atoms with Crippen LogP contribution in [0, 0.1) is 62.3 Å². The van der Waals surface area contributed by atoms with Crippen LogP contribution in [0.15, 0.2) is 109 Å². The summed E-state index contributed by atoms with van der Waals surface area (Å²) in [5.41, 5.74) is 3.68. The summed E-state index contributed by atoms with van der Waals surface area (Å²) in [5, 5.41) is 32.4. The van der Waals surface area contributed by atoms with Gasteiger partial charge in [0, 0.05) is 143 Å². The van der Waals surface area contributed by atoms with Crippen molar-refractivity contribution >= 4 is 225 Å². The number of hydrogen-bond donors (Lipinski definition) is 6. The molecule has 1 saturated heterocycles. The predicted molar refractivity (Wildman–Crippen MR) is 623 cm³/mol. The van der Waals surface area contributed by atoms with Crippen LogP contribution in [0.2, 0.25) is 0 Å². The number of para-hydroxylation sites is 1. The Kier molecular flexibility index (Phi) is 40.4. The zero-order chi connectivity index (χ0) is 102. The van der Waals surface area contributed by atoms with Crippen LogP contribution >= 0.6 is 90.7 Å². The van der Waals surface area contributed by atoms with Crippen LogP contribution in [0.4, 0.5) is 52.2 Å². The maximum Gasteiger partial charge on any atom is 0.142 e. The molecule has 0 unspecified atom stereocenters. The van der Waals surface area contributed by atoms with E-state index in [0.717, 1.165) is 253 Å². The number of rotatable bonds is 30. The van der Waals surface area contributed by atoms with Gasteiger partial charge >= 0.3 is 0 Å². The van der Waals surface area contributed by atoms with Gasteiger partial charge in [-0.1, -0.05) is 123 Å². The lowest BCUT2D eigenvalue weighted by molar-refractivity contribution is 0.405. The first-order valence-corrected chi connectivity index (χ1v) is 58.3. The minimum atomic E-state index is 0.605. The lowest BCUT2D eigenvalue weighted by Gasteiger charge is -2.28. The molecule has 6 N–H and O–H groups in total. The van der Waals surface area contributed by atoms with Gasteiger partial charge in [-0.15, -0.1) is 90.7 Å². The van der Waals surface area contributed by atoms with E-state index < -0.39 is 0 Å². The quantitative estimate of drug-likeness (QED) is 0.0228. The Labute approximate surface area is 882 Å². The molecule has 18 aromatic rings. The third-order valence-electron chi connectivity index (χ3n) is 24.9. The van der Waals surface area contributed by atoms with Gasteiger partial charge in [-0.05, 0) is 232 Å². The summed E-state index contributed by atoms with van der Waals surface area (Å²) in [5.74, 6) is 15.6. The zero-order valence-electron chi connectivity index (χ0n) is 88.1. The van der Waals surface area contributed by atoms with E-state index in [0.29, 0.717) is 12.1 Å². The Morgan fingerprint density at radius 3 is 1.25 bits per heavy atom. The Hall–Kier alpha value is -10.9. The number of aromatic nitrogens is 16. The number of nitrogens with one attached hydrogen (secondary N) is 6. The molecule has 0 radical (unpaired) electrons. The number of aryl methyl sites for hydroxylation is 16. The molecule has 3 aliphatic rings. The molecule has 33 heteroatoms. The number of fused-ring (bicyclic) bond motifs is 8. The lowest BCUT2D eigenvalue weighted by atomic mass is 10.1. The lowest BCUT2D eigenvalue weighted by Crippen LogP contribution is -2.30. The van der Waals surface area contributed by atoms with Gasteiger partial charge in [0.05, 0.1) is 43.1 Å². The molecule has 1 aliphatic heterocycles. The first-order valence-electron chi connectivity index (χ1n) is 51.7. The molecule has 25 nitrogen and oxygen atoms in total. The normalized spacial score (nSPS) is 12.9. The van der Waals surface area contributed by atoms with Crippen molar-refractivity contribution < 1.29 is 0 Å². The highest BCUT2D eigenvalue weighted by atomic mass is 32.1. The topological polar surface area (TPSA) is 288 Å². The number of hydrogen-bond acceptors (Lipinski definition) is 33. The van der Waals surface area contributed by atoms with Crippen molar-refractivity contribution in [1.82, 2.24) is 84.6 Å². The van der Waals surface area contributed by atoms with E-state index in [4.69, 9.17) is 9.97 Å². The van der Waals surface area contributed by atoms with E-state index in [-0.39, 0.29) is 0 Å². The molecule has 762 valence electrons. The fourth-order valence-corrected chi connectivity index (χ4v) is 24.2. The van der Waals surface area contributed by atoms with E-state index in [2.05, 4.69) is 327 Å². The summed E-state index contributed by atoms with van der Waals surface area (Å²) < 4.78 is 0. The summed E-state index contributed by atoms with van der Waals surface area (Å²) in [4.78, 5) is 98.7. The van der Waals surface area contributed by atoms with Crippen molar-refractivity contribution in [3.8, 4) is 0 Å². The molecule has 2 saturated carbocycles. The second-order valence-electron chi connectivity index (χ2n) is 36.8. The van der Waals surface area contributed by atoms with Crippen LogP contribution in [0.5, 0.6) is 0 Å². The maximum absolute atomic E-state index is 4.78. The average molecular weight is 2090 g/mol. The fourth-order valence-electron chi connectivity index (χ4n) is 17.0. The first kappa shape index (κ1) is 109. The fraction of sp³-hybridized carbons (Fsp3) is 0.459. The number of benzene rings is 2. The minimum absolute atomic E-state index is 0.605. The van der Waals surface area contributed by atoms with Gasteiger partial charge in [0.25, 0.3) is 0 Å². The Morgan fingerprint density at radius 2 is 0.764 bits per heavy atom. The van der Waals surface area contributed by atoms with E-state index >= 15 is 0 Å². The second-order valence-corrected chi connectivity index (χ2v) is 46.3. The summed E-state index contributed by atoms with van der Waals surface area (Å²) in [6.07, 6.45) is 22.4. The zero-order valence-corrected chi connectivity index (χ0v) is 94.6. The molecule has 144 heavy (non-hydrogen) atoms. The summed E-state index contributed by atoms with van der Waals surface area (Å²) in [7, 11) is 4.20. The van der Waals surface area contributed by atoms with E-state index in [1.165, 1.54) is 154 Å². The Balaban J connectivity index is 0.000000131. The Morgan fingerprint density at radius 1 is 0.354 bits per heavy atom. The molecule has 0 amide bonds. The van der Waals surface area contributed by atoms with Gasteiger partial charge in [0.1, 0.15) is 132 Å². The van der Waals surface area contributed by atoms with Crippen molar-refractivity contribution in [2.24, 2.45) is 0 Å². The molecule has 0 bridgehead atoms. The minimum Gasteiger partial charge on any atom is -0.369 e. The van der Waals surface area contributed by atoms with Crippen molar-refractivity contribution in [3.05, 3.63) is 200 Å². The second kappa shape index (κ2) is 53.5. The van der Waals surface area contributed by atoms with Crippen LogP contribution in [0.3, 0.4) is 0 Å². The van der Waals surface area contributed by atoms with Crippen molar-refractivity contribution in [2.45, 2.75) is 272 Å². The highest BCUT2D eigenvalue weighted by molar-refractivity contribution is 7.21. The third kappa shape index (κ3) is 29.8. The average Bonchev–Trinajstić information content (AvgIpc) is 1.59. The van der Waals surface area contributed by atoms with Gasteiger partial charge in [-0.3, -0.25) is 0 Å². The molecular formula is C111H145N25S8. The molecule has 3 fully saturated rings. The molecule has 2 aliphatic carbocycles. The van der Waals surface area contributed by atoms with Gasteiger partial charge < -0.3 is 46.6 Å². The van der Waals surface area contributed by atoms with Gasteiger partial charge in [-0.2, -0.15) is 0 Å². The number of thiophene rings is 8. The van der Waals surface area contributed by atoms with Crippen LogP contribution < -0.4 is 41.7 Å². The van der Waals surface area contributed by atoms with Crippen molar-refractivity contribution in [1.29, 1.82) is 0 Å². The highest BCUT2D eigenvalue weighted by Crippen LogP contribution is 2.40. The first-order chi connectivity index (χ1) is 69.8. The van der Waals surface area contributed by atoms with Crippen molar-refractivity contribution in [3.63, 3.8) is 0 Å². The van der Waals surface area contributed by atoms with Crippen LogP contribution in [0.25, 0.3) is 81.7 Å². The molecule has 0 atom stereocenters. The number of anilines is 9. The van der Waals surface area contributed by atoms with Gasteiger partial charge in [0.15, 0.2) is 0 Å². The molecule has 2 aromatic carbocycles. The SMILES string of the molecule is CCCCNc1nc(CC)nc2sc(C)cc12.CCc1nc(N(CC)CC)c2cc(C)sc2n1.CCc1nc(N2CCCCC2)c2cc(C)sc2n1.CCc1nc(NC2CC2)c2ccsc2n1.CCc1nc(NC2CCCC2)c2cc(C)sc2n1.CCc1nc(NCCCN(C)C)c2cc(C)sc2n1.CCc1nc(Nc2ccccc2)c2cc(C)sc2n1.Cc1nc(NCCc2ccccc2)c2c(C)c(C)sc2n1. The smallest absolute Gasteiger partial charge is 0.142 e. The largest absolute Gasteiger partial charge is 0.369 e. The predicted octanol–water partition coefficient (Wildman–Crippen LogP) is 29.0. The van der Waals surface area contributed by atoms with Gasteiger partial charge in [0.2, 0.25) is 0 Å². The number of piperidine rings is 1. The summed E-state index contributed by atoms with van der Waals surface area (Å²) in [6, 6.07) is 37.1. The molecule has 0 spiro atoms. The maximum atomic E-state index is 4.78. The van der Waals surface area contributed by atoms with Crippen LogP contribution in [0.1, 0.15) is 238 Å². The van der Waals surface area contributed by atoms with Crippen LogP contribution in [-0.2, 0) is 51.4 Å².